The molecule has 0 radical (unpaired) electrons. The molecule has 0 aliphatic heterocycles. The Morgan fingerprint density at radius 1 is 0.700 bits per heavy atom. The molecule has 20 heavy (non-hydrogen) atoms. The van der Waals surface area contributed by atoms with Crippen LogP contribution in [-0.4, -0.2) is 11.4 Å². The molecule has 2 rings (SSSR count). The first kappa shape index (κ1) is 14.2. The summed E-state index contributed by atoms with van der Waals surface area (Å²) in [4.78, 5) is 9.25. The fourth-order valence-electron chi connectivity index (χ4n) is 1.94. The molecule has 0 aliphatic carbocycles. The number of aliphatic imine (C=N–C) groups is 2. The van der Waals surface area contributed by atoms with Gasteiger partial charge in [-0.2, -0.15) is 0 Å². The lowest BCUT2D eigenvalue weighted by Crippen LogP contribution is -2.04. The van der Waals surface area contributed by atoms with E-state index in [0.29, 0.717) is 0 Å². The van der Waals surface area contributed by atoms with E-state index < -0.39 is 0 Å². The fourth-order valence-corrected chi connectivity index (χ4v) is 1.94. The Balaban J connectivity index is 2.26. The minimum atomic E-state index is 0.942. The zero-order valence-corrected chi connectivity index (χ0v) is 12.5. The van der Waals surface area contributed by atoms with Crippen LogP contribution in [0.5, 0.6) is 0 Å². The van der Waals surface area contributed by atoms with Gasteiger partial charge in [-0.25, -0.2) is 0 Å². The molecule has 0 bridgehead atoms. The molecule has 0 unspecified atom stereocenters. The van der Waals surface area contributed by atoms with Crippen molar-refractivity contribution in [1.82, 2.24) is 0 Å². The van der Waals surface area contributed by atoms with Gasteiger partial charge in [-0.05, 0) is 63.1 Å². The van der Waals surface area contributed by atoms with Crippen molar-refractivity contribution in [3.8, 4) is 0 Å². The van der Waals surface area contributed by atoms with Crippen molar-refractivity contribution in [3.63, 3.8) is 0 Å². The molecule has 2 nitrogen and oxygen atoms in total. The summed E-state index contributed by atoms with van der Waals surface area (Å²) in [5.74, 6) is 0. The largest absolute Gasteiger partial charge is 0.252 e. The Hall–Kier alpha value is -2.22. The van der Waals surface area contributed by atoms with Gasteiger partial charge in [0.1, 0.15) is 0 Å². The second kappa shape index (κ2) is 6.29. The summed E-state index contributed by atoms with van der Waals surface area (Å²) in [7, 11) is 0. The van der Waals surface area contributed by atoms with E-state index in [0.717, 1.165) is 22.8 Å². The Bertz CT molecular complexity index is 607. The van der Waals surface area contributed by atoms with Gasteiger partial charge in [-0.15, -0.1) is 0 Å². The van der Waals surface area contributed by atoms with E-state index in [1.54, 1.807) is 0 Å². The van der Waals surface area contributed by atoms with Crippen LogP contribution < -0.4 is 0 Å². The molecule has 0 N–H and O–H groups in total. The molecule has 2 aromatic rings. The minimum absolute atomic E-state index is 0.942. The highest BCUT2D eigenvalue weighted by atomic mass is 14.8. The average molecular weight is 264 g/mol. The molecule has 2 aromatic carbocycles. The van der Waals surface area contributed by atoms with Gasteiger partial charge in [0.05, 0.1) is 22.8 Å². The molecule has 102 valence electrons. The summed E-state index contributed by atoms with van der Waals surface area (Å²) in [6, 6.07) is 16.4. The summed E-state index contributed by atoms with van der Waals surface area (Å²) < 4.78 is 0. The van der Waals surface area contributed by atoms with E-state index in [1.807, 2.05) is 38.1 Å². The second-order valence-corrected chi connectivity index (χ2v) is 5.07. The number of hydrogen-bond donors (Lipinski definition) is 0. The SMILES string of the molecule is CC(=N\c1cccc(C)c1)/C(C)=N/c1cccc(C)c1. The normalized spacial score (nSPS) is 12.6. The maximum absolute atomic E-state index is 4.62. The Morgan fingerprint density at radius 2 is 1.10 bits per heavy atom. The zero-order valence-electron chi connectivity index (χ0n) is 12.5. The maximum Gasteiger partial charge on any atom is 0.0636 e. The maximum atomic E-state index is 4.62. The molecule has 0 heterocycles. The van der Waals surface area contributed by atoms with E-state index in [-0.39, 0.29) is 0 Å². The predicted octanol–water partition coefficient (Wildman–Crippen LogP) is 5.19. The standard InChI is InChI=1S/C18H20N2/c1-13-7-5-9-17(11-13)19-15(3)16(4)20-18-10-6-8-14(2)12-18/h5-12H,1-4H3/b19-15+,20-16+. The van der Waals surface area contributed by atoms with Crippen molar-refractivity contribution >= 4 is 22.8 Å². The number of nitrogens with zero attached hydrogens (tertiary/aromatic N) is 2. The predicted molar refractivity (Wildman–Crippen MR) is 87.9 cm³/mol. The number of rotatable bonds is 3. The van der Waals surface area contributed by atoms with Crippen molar-refractivity contribution in [1.29, 1.82) is 0 Å². The topological polar surface area (TPSA) is 24.7 Å². The Labute approximate surface area is 120 Å². The van der Waals surface area contributed by atoms with Crippen LogP contribution in [0.4, 0.5) is 11.4 Å². The Morgan fingerprint density at radius 3 is 1.45 bits per heavy atom. The highest BCUT2D eigenvalue weighted by Crippen LogP contribution is 2.16. The summed E-state index contributed by atoms with van der Waals surface area (Å²) in [6.07, 6.45) is 0. The van der Waals surface area contributed by atoms with E-state index in [4.69, 9.17) is 0 Å². The number of hydrogen-bond acceptors (Lipinski definition) is 2. The van der Waals surface area contributed by atoms with Crippen molar-refractivity contribution in [2.75, 3.05) is 0 Å². The van der Waals surface area contributed by atoms with Crippen molar-refractivity contribution < 1.29 is 0 Å². The lowest BCUT2D eigenvalue weighted by molar-refractivity contribution is 1.41. The van der Waals surface area contributed by atoms with Crippen LogP contribution in [0, 0.1) is 13.8 Å². The summed E-state index contributed by atoms with van der Waals surface area (Å²) in [6.45, 7) is 8.14. The van der Waals surface area contributed by atoms with Crippen LogP contribution in [-0.2, 0) is 0 Å². The number of benzene rings is 2. The summed E-state index contributed by atoms with van der Waals surface area (Å²) in [5.41, 5.74) is 6.26. The highest BCUT2D eigenvalue weighted by molar-refractivity contribution is 6.41. The van der Waals surface area contributed by atoms with E-state index in [9.17, 15) is 0 Å². The third-order valence-electron chi connectivity index (χ3n) is 3.12. The first-order chi connectivity index (χ1) is 9.54. The van der Waals surface area contributed by atoms with Crippen LogP contribution >= 0.6 is 0 Å². The fraction of sp³-hybridized carbons (Fsp3) is 0.222. The van der Waals surface area contributed by atoms with E-state index in [2.05, 4.69) is 48.1 Å². The smallest absolute Gasteiger partial charge is 0.0636 e. The van der Waals surface area contributed by atoms with Crippen LogP contribution in [0.2, 0.25) is 0 Å². The molecule has 0 spiro atoms. The van der Waals surface area contributed by atoms with Crippen molar-refractivity contribution in [3.05, 3.63) is 59.7 Å². The molecule has 0 aliphatic rings. The third-order valence-corrected chi connectivity index (χ3v) is 3.12. The zero-order chi connectivity index (χ0) is 14.5. The minimum Gasteiger partial charge on any atom is -0.252 e. The lowest BCUT2D eigenvalue weighted by Gasteiger charge is -2.03. The van der Waals surface area contributed by atoms with Crippen molar-refractivity contribution in [2.24, 2.45) is 9.98 Å². The summed E-state index contributed by atoms with van der Waals surface area (Å²) >= 11 is 0. The molecule has 0 aromatic heterocycles. The lowest BCUT2D eigenvalue weighted by atomic mass is 10.2. The average Bonchev–Trinajstić information content (AvgIpc) is 2.38. The molecule has 0 atom stereocenters. The second-order valence-electron chi connectivity index (χ2n) is 5.07. The van der Waals surface area contributed by atoms with Gasteiger partial charge in [0, 0.05) is 0 Å². The van der Waals surface area contributed by atoms with Gasteiger partial charge in [0.25, 0.3) is 0 Å². The Kier molecular flexibility index (Phi) is 4.46. The monoisotopic (exact) mass is 264 g/mol. The third kappa shape index (κ3) is 3.89. The molecular weight excluding hydrogens is 244 g/mol. The van der Waals surface area contributed by atoms with Crippen LogP contribution in [0.25, 0.3) is 0 Å². The van der Waals surface area contributed by atoms with E-state index >= 15 is 0 Å². The summed E-state index contributed by atoms with van der Waals surface area (Å²) in [5, 5.41) is 0. The van der Waals surface area contributed by atoms with Crippen molar-refractivity contribution in [2.45, 2.75) is 27.7 Å². The molecular formula is C18H20N2. The van der Waals surface area contributed by atoms with E-state index in [1.165, 1.54) is 11.1 Å². The molecule has 2 heteroatoms. The quantitative estimate of drug-likeness (QED) is 0.682. The van der Waals surface area contributed by atoms with Gasteiger partial charge in [0.2, 0.25) is 0 Å². The molecule has 0 saturated carbocycles. The van der Waals surface area contributed by atoms with Crippen LogP contribution in [0.1, 0.15) is 25.0 Å². The molecule has 0 fully saturated rings. The number of aryl methyl sites for hydroxylation is 2. The van der Waals surface area contributed by atoms with Crippen LogP contribution in [0.3, 0.4) is 0 Å². The van der Waals surface area contributed by atoms with Crippen LogP contribution in [0.15, 0.2) is 58.5 Å². The first-order valence-electron chi connectivity index (χ1n) is 6.79. The first-order valence-corrected chi connectivity index (χ1v) is 6.79. The van der Waals surface area contributed by atoms with Gasteiger partial charge in [-0.1, -0.05) is 24.3 Å². The molecule has 0 saturated heterocycles. The highest BCUT2D eigenvalue weighted by Gasteiger charge is 1.99. The van der Waals surface area contributed by atoms with Gasteiger partial charge >= 0.3 is 0 Å². The van der Waals surface area contributed by atoms with Gasteiger partial charge in [0.15, 0.2) is 0 Å². The van der Waals surface area contributed by atoms with Gasteiger partial charge < -0.3 is 0 Å². The van der Waals surface area contributed by atoms with Gasteiger partial charge in [-0.3, -0.25) is 9.98 Å². The molecule has 0 amide bonds.